The van der Waals surface area contributed by atoms with E-state index in [1.807, 2.05) is 7.05 Å². The Labute approximate surface area is 114 Å². The van der Waals surface area contributed by atoms with Gasteiger partial charge in [0.1, 0.15) is 0 Å². The topological polar surface area (TPSA) is 45.1 Å². The van der Waals surface area contributed by atoms with Gasteiger partial charge in [0, 0.05) is 29.3 Å². The van der Waals surface area contributed by atoms with E-state index in [-0.39, 0.29) is 0 Å². The fraction of sp³-hybridized carbons (Fsp3) is 0.308. The van der Waals surface area contributed by atoms with E-state index in [1.54, 1.807) is 0 Å². The SMILES string of the molecule is CNCCc1cn2c(nc3c(C)cc(Br)cc32)[nH]1. The molecule has 0 radical (unpaired) electrons. The molecule has 0 aliphatic carbocycles. The summed E-state index contributed by atoms with van der Waals surface area (Å²) < 4.78 is 3.21. The number of H-pyrrole nitrogens is 1. The summed E-state index contributed by atoms with van der Waals surface area (Å²) in [5.41, 5.74) is 4.59. The summed E-state index contributed by atoms with van der Waals surface area (Å²) in [5.74, 6) is 0.914. The molecule has 4 nitrogen and oxygen atoms in total. The third-order valence-electron chi connectivity index (χ3n) is 3.15. The maximum absolute atomic E-state index is 4.65. The molecule has 0 aliphatic heterocycles. The Bertz CT molecular complexity index is 710. The zero-order valence-electron chi connectivity index (χ0n) is 10.4. The van der Waals surface area contributed by atoms with Gasteiger partial charge in [-0.25, -0.2) is 4.98 Å². The van der Waals surface area contributed by atoms with Crippen LogP contribution in [-0.4, -0.2) is 28.0 Å². The van der Waals surface area contributed by atoms with Crippen LogP contribution in [0.5, 0.6) is 0 Å². The molecule has 0 saturated heterocycles. The van der Waals surface area contributed by atoms with E-state index >= 15 is 0 Å². The van der Waals surface area contributed by atoms with Crippen LogP contribution in [0.4, 0.5) is 0 Å². The summed E-state index contributed by atoms with van der Waals surface area (Å²) in [6.45, 7) is 3.05. The van der Waals surface area contributed by atoms with Crippen LogP contribution in [0.25, 0.3) is 16.8 Å². The van der Waals surface area contributed by atoms with Gasteiger partial charge in [-0.05, 0) is 31.7 Å². The Balaban J connectivity index is 2.18. The van der Waals surface area contributed by atoms with Crippen molar-refractivity contribution in [3.8, 4) is 0 Å². The van der Waals surface area contributed by atoms with Crippen LogP contribution in [0.2, 0.25) is 0 Å². The van der Waals surface area contributed by atoms with E-state index in [0.717, 1.165) is 34.2 Å². The number of fused-ring (bicyclic) bond motifs is 3. The number of benzene rings is 1. The number of aryl methyl sites for hydroxylation is 1. The lowest BCUT2D eigenvalue weighted by molar-refractivity contribution is 0.780. The number of nitrogens with one attached hydrogen (secondary N) is 2. The predicted octanol–water partition coefficient (Wildman–Crippen LogP) is 2.65. The molecule has 0 atom stereocenters. The molecule has 0 saturated carbocycles. The average Bonchev–Trinajstić information content (AvgIpc) is 2.85. The first-order chi connectivity index (χ1) is 8.69. The van der Waals surface area contributed by atoms with E-state index < -0.39 is 0 Å². The fourth-order valence-corrected chi connectivity index (χ4v) is 2.82. The van der Waals surface area contributed by atoms with Gasteiger partial charge in [0.2, 0.25) is 5.78 Å². The second-order valence-corrected chi connectivity index (χ2v) is 5.44. The van der Waals surface area contributed by atoms with E-state index in [9.17, 15) is 0 Å². The van der Waals surface area contributed by atoms with Crippen molar-refractivity contribution in [3.63, 3.8) is 0 Å². The van der Waals surface area contributed by atoms with Gasteiger partial charge < -0.3 is 10.3 Å². The van der Waals surface area contributed by atoms with Gasteiger partial charge in [-0.2, -0.15) is 0 Å². The van der Waals surface area contributed by atoms with Crippen molar-refractivity contribution in [2.75, 3.05) is 13.6 Å². The van der Waals surface area contributed by atoms with Crippen LogP contribution in [0.3, 0.4) is 0 Å². The maximum Gasteiger partial charge on any atom is 0.212 e. The van der Waals surface area contributed by atoms with Gasteiger partial charge in [0.05, 0.1) is 11.0 Å². The first-order valence-corrected chi connectivity index (χ1v) is 6.79. The van der Waals surface area contributed by atoms with Gasteiger partial charge >= 0.3 is 0 Å². The second kappa shape index (κ2) is 4.40. The fourth-order valence-electron chi connectivity index (χ4n) is 2.26. The summed E-state index contributed by atoms with van der Waals surface area (Å²) in [5, 5.41) is 3.15. The third-order valence-corrected chi connectivity index (χ3v) is 3.61. The minimum atomic E-state index is 0.914. The molecule has 3 rings (SSSR count). The Kier molecular flexibility index (Phi) is 2.87. The number of hydrogen-bond donors (Lipinski definition) is 2. The van der Waals surface area contributed by atoms with Gasteiger partial charge in [-0.1, -0.05) is 15.9 Å². The van der Waals surface area contributed by atoms with Crippen molar-refractivity contribution >= 4 is 32.7 Å². The Hall–Kier alpha value is -1.33. The molecule has 3 aromatic rings. The molecule has 0 fully saturated rings. The highest BCUT2D eigenvalue weighted by Gasteiger charge is 2.10. The Morgan fingerprint density at radius 2 is 2.28 bits per heavy atom. The summed E-state index contributed by atoms with van der Waals surface area (Å²) in [6, 6.07) is 4.20. The summed E-state index contributed by atoms with van der Waals surface area (Å²) in [7, 11) is 1.96. The number of halogens is 1. The van der Waals surface area contributed by atoms with E-state index in [1.165, 1.54) is 11.3 Å². The van der Waals surface area contributed by atoms with Gasteiger partial charge in [-0.15, -0.1) is 0 Å². The predicted molar refractivity (Wildman–Crippen MR) is 77.1 cm³/mol. The quantitative estimate of drug-likeness (QED) is 0.781. The van der Waals surface area contributed by atoms with Crippen LogP contribution in [0, 0.1) is 6.92 Å². The number of aromatic nitrogens is 3. The molecule has 1 aromatic carbocycles. The molecule has 0 amide bonds. The van der Waals surface area contributed by atoms with Crippen LogP contribution in [0.1, 0.15) is 11.3 Å². The summed E-state index contributed by atoms with van der Waals surface area (Å²) in [6.07, 6.45) is 3.11. The molecule has 18 heavy (non-hydrogen) atoms. The molecule has 2 heterocycles. The molecule has 2 aromatic heterocycles. The normalized spacial score (nSPS) is 11.7. The number of rotatable bonds is 3. The second-order valence-electron chi connectivity index (χ2n) is 4.53. The molecule has 5 heteroatoms. The summed E-state index contributed by atoms with van der Waals surface area (Å²) >= 11 is 3.54. The minimum Gasteiger partial charge on any atom is -0.327 e. The molecule has 0 aliphatic rings. The highest BCUT2D eigenvalue weighted by Crippen LogP contribution is 2.24. The lowest BCUT2D eigenvalue weighted by atomic mass is 10.2. The standard InChI is InChI=1S/C13H15BrN4/c1-8-5-9(14)6-11-12(8)17-13-16-10(3-4-15-2)7-18(11)13/h5-7,15H,3-4H2,1-2H3,(H,16,17). The molecule has 0 spiro atoms. The van der Waals surface area contributed by atoms with Crippen molar-refractivity contribution in [1.29, 1.82) is 0 Å². The number of hydrogen-bond acceptors (Lipinski definition) is 2. The minimum absolute atomic E-state index is 0.914. The van der Waals surface area contributed by atoms with Crippen LogP contribution in [-0.2, 0) is 6.42 Å². The molecule has 94 valence electrons. The van der Waals surface area contributed by atoms with Gasteiger partial charge in [0.15, 0.2) is 0 Å². The monoisotopic (exact) mass is 306 g/mol. The highest BCUT2D eigenvalue weighted by molar-refractivity contribution is 9.10. The first-order valence-electron chi connectivity index (χ1n) is 5.99. The van der Waals surface area contributed by atoms with Crippen molar-refractivity contribution in [2.45, 2.75) is 13.3 Å². The number of likely N-dealkylation sites (N-methyl/N-ethyl adjacent to an activating group) is 1. The number of aromatic amines is 1. The lowest BCUT2D eigenvalue weighted by Crippen LogP contribution is -2.10. The lowest BCUT2D eigenvalue weighted by Gasteiger charge is -1.98. The zero-order valence-corrected chi connectivity index (χ0v) is 12.0. The van der Waals surface area contributed by atoms with E-state index in [2.05, 4.69) is 60.9 Å². The first kappa shape index (κ1) is 11.7. The molecule has 2 N–H and O–H groups in total. The Morgan fingerprint density at radius 1 is 1.44 bits per heavy atom. The van der Waals surface area contributed by atoms with Crippen LogP contribution in [0.15, 0.2) is 22.8 Å². The van der Waals surface area contributed by atoms with E-state index in [0.29, 0.717) is 0 Å². The van der Waals surface area contributed by atoms with Crippen molar-refractivity contribution in [2.24, 2.45) is 0 Å². The highest BCUT2D eigenvalue weighted by atomic mass is 79.9. The molecular formula is C13H15BrN4. The number of nitrogens with zero attached hydrogens (tertiary/aromatic N) is 2. The van der Waals surface area contributed by atoms with Crippen LogP contribution >= 0.6 is 15.9 Å². The Morgan fingerprint density at radius 3 is 3.06 bits per heavy atom. The zero-order chi connectivity index (χ0) is 12.7. The van der Waals surface area contributed by atoms with Gasteiger partial charge in [0.25, 0.3) is 0 Å². The van der Waals surface area contributed by atoms with E-state index in [4.69, 9.17) is 0 Å². The number of imidazole rings is 2. The molecular weight excluding hydrogens is 292 g/mol. The third kappa shape index (κ3) is 1.83. The van der Waals surface area contributed by atoms with Crippen LogP contribution < -0.4 is 5.32 Å². The van der Waals surface area contributed by atoms with Crippen molar-refractivity contribution in [3.05, 3.63) is 34.1 Å². The van der Waals surface area contributed by atoms with Crippen molar-refractivity contribution < 1.29 is 0 Å². The largest absolute Gasteiger partial charge is 0.327 e. The molecule has 0 bridgehead atoms. The maximum atomic E-state index is 4.65. The van der Waals surface area contributed by atoms with Gasteiger partial charge in [-0.3, -0.25) is 4.40 Å². The van der Waals surface area contributed by atoms with Crippen molar-refractivity contribution in [1.82, 2.24) is 19.7 Å². The molecule has 0 unspecified atom stereocenters. The summed E-state index contributed by atoms with van der Waals surface area (Å²) in [4.78, 5) is 8.01. The average molecular weight is 307 g/mol. The smallest absolute Gasteiger partial charge is 0.212 e.